The third-order valence-corrected chi connectivity index (χ3v) is 3.72. The van der Waals surface area contributed by atoms with Gasteiger partial charge in [0.15, 0.2) is 11.5 Å². The first-order valence-electron chi connectivity index (χ1n) is 8.30. The molecule has 0 atom stereocenters. The van der Waals surface area contributed by atoms with Gasteiger partial charge < -0.3 is 24.8 Å². The van der Waals surface area contributed by atoms with Crippen LogP contribution in [0.2, 0.25) is 0 Å². The third-order valence-electron chi connectivity index (χ3n) is 3.72. The zero-order valence-corrected chi connectivity index (χ0v) is 14.2. The van der Waals surface area contributed by atoms with Gasteiger partial charge in [0.1, 0.15) is 11.6 Å². The molecule has 26 heavy (non-hydrogen) atoms. The molecule has 4 rings (SSSR count). The number of aromatic nitrogens is 2. The van der Waals surface area contributed by atoms with Gasteiger partial charge >= 0.3 is 0 Å². The number of anilines is 4. The molecule has 0 fully saturated rings. The summed E-state index contributed by atoms with van der Waals surface area (Å²) in [4.78, 5) is 8.73. The van der Waals surface area contributed by atoms with Crippen LogP contribution in [0.3, 0.4) is 0 Å². The Balaban J connectivity index is 1.46. The van der Waals surface area contributed by atoms with E-state index in [0.29, 0.717) is 18.4 Å². The Morgan fingerprint density at radius 1 is 0.962 bits per heavy atom. The summed E-state index contributed by atoms with van der Waals surface area (Å²) in [5.74, 6) is 3.47. The minimum Gasteiger partial charge on any atom is -0.494 e. The van der Waals surface area contributed by atoms with E-state index < -0.39 is 0 Å². The van der Waals surface area contributed by atoms with Gasteiger partial charge in [0.05, 0.1) is 6.61 Å². The molecule has 0 unspecified atom stereocenters. The summed E-state index contributed by atoms with van der Waals surface area (Å²) in [7, 11) is 0. The summed E-state index contributed by atoms with van der Waals surface area (Å²) in [6.45, 7) is 2.85. The maximum atomic E-state index is 5.44. The van der Waals surface area contributed by atoms with Gasteiger partial charge in [0.25, 0.3) is 0 Å². The Morgan fingerprint density at radius 3 is 2.62 bits per heavy atom. The Kier molecular flexibility index (Phi) is 4.42. The van der Waals surface area contributed by atoms with E-state index in [4.69, 9.17) is 14.2 Å². The highest BCUT2D eigenvalue weighted by molar-refractivity contribution is 5.63. The summed E-state index contributed by atoms with van der Waals surface area (Å²) >= 11 is 0. The zero-order chi connectivity index (χ0) is 17.8. The molecular formula is C19H18N4O3. The second kappa shape index (κ2) is 7.18. The largest absolute Gasteiger partial charge is 0.494 e. The number of rotatable bonds is 6. The summed E-state index contributed by atoms with van der Waals surface area (Å²) in [6.07, 6.45) is 1.69. The molecule has 3 aromatic rings. The van der Waals surface area contributed by atoms with Gasteiger partial charge in [-0.1, -0.05) is 0 Å². The van der Waals surface area contributed by atoms with Gasteiger partial charge in [-0.3, -0.25) is 0 Å². The Labute approximate surface area is 151 Å². The van der Waals surface area contributed by atoms with E-state index in [1.807, 2.05) is 49.4 Å². The van der Waals surface area contributed by atoms with Crippen molar-refractivity contribution in [1.82, 2.24) is 9.97 Å². The van der Waals surface area contributed by atoms with Gasteiger partial charge in [0, 0.05) is 23.6 Å². The molecule has 2 aromatic carbocycles. The second-order valence-electron chi connectivity index (χ2n) is 5.54. The first kappa shape index (κ1) is 16.0. The van der Waals surface area contributed by atoms with E-state index in [1.165, 1.54) is 0 Å². The highest BCUT2D eigenvalue weighted by atomic mass is 16.7. The number of nitrogens with one attached hydrogen (secondary N) is 2. The first-order valence-corrected chi connectivity index (χ1v) is 8.30. The lowest BCUT2D eigenvalue weighted by Crippen LogP contribution is -2.00. The van der Waals surface area contributed by atoms with E-state index in [1.54, 1.807) is 12.3 Å². The van der Waals surface area contributed by atoms with Crippen molar-refractivity contribution in [3.05, 3.63) is 54.7 Å². The zero-order valence-electron chi connectivity index (χ0n) is 14.2. The van der Waals surface area contributed by atoms with Crippen molar-refractivity contribution < 1.29 is 14.2 Å². The summed E-state index contributed by atoms with van der Waals surface area (Å²) in [6, 6.07) is 15.1. The van der Waals surface area contributed by atoms with Crippen molar-refractivity contribution in [2.24, 2.45) is 0 Å². The monoisotopic (exact) mass is 350 g/mol. The Morgan fingerprint density at radius 2 is 1.77 bits per heavy atom. The van der Waals surface area contributed by atoms with Crippen LogP contribution in [0, 0.1) is 0 Å². The molecule has 1 aliphatic rings. The van der Waals surface area contributed by atoms with Crippen molar-refractivity contribution in [3.63, 3.8) is 0 Å². The average Bonchev–Trinajstić information content (AvgIpc) is 3.12. The van der Waals surface area contributed by atoms with E-state index in [-0.39, 0.29) is 6.79 Å². The quantitative estimate of drug-likeness (QED) is 0.693. The third kappa shape index (κ3) is 3.61. The van der Waals surface area contributed by atoms with Crippen LogP contribution < -0.4 is 24.8 Å². The van der Waals surface area contributed by atoms with E-state index in [0.717, 1.165) is 28.6 Å². The minimum absolute atomic E-state index is 0.252. The standard InChI is InChI=1S/C19H18N4O3/c1-2-24-15-6-3-13(4-7-15)22-19-20-10-9-18(23-19)21-14-5-8-16-17(11-14)26-12-25-16/h3-11H,2,12H2,1H3,(H2,20,21,22,23). The van der Waals surface area contributed by atoms with Crippen LogP contribution in [0.5, 0.6) is 17.2 Å². The number of ether oxygens (including phenoxy) is 3. The van der Waals surface area contributed by atoms with E-state index >= 15 is 0 Å². The minimum atomic E-state index is 0.252. The molecule has 0 saturated carbocycles. The van der Waals surface area contributed by atoms with Gasteiger partial charge in [-0.2, -0.15) is 4.98 Å². The fraction of sp³-hybridized carbons (Fsp3) is 0.158. The van der Waals surface area contributed by atoms with Gasteiger partial charge in [-0.25, -0.2) is 4.98 Å². The fourth-order valence-corrected chi connectivity index (χ4v) is 2.54. The molecule has 0 bridgehead atoms. The molecular weight excluding hydrogens is 332 g/mol. The molecule has 7 heteroatoms. The predicted molar refractivity (Wildman–Crippen MR) is 98.8 cm³/mol. The average molecular weight is 350 g/mol. The number of nitrogens with zero attached hydrogens (tertiary/aromatic N) is 2. The molecule has 0 spiro atoms. The Hall–Kier alpha value is -3.48. The summed E-state index contributed by atoms with van der Waals surface area (Å²) < 4.78 is 16.1. The SMILES string of the molecule is CCOc1ccc(Nc2nccc(Nc3ccc4c(c3)OCO4)n2)cc1. The maximum Gasteiger partial charge on any atom is 0.231 e. The molecule has 1 aromatic heterocycles. The molecule has 2 heterocycles. The van der Waals surface area contributed by atoms with Crippen molar-refractivity contribution in [2.45, 2.75) is 6.92 Å². The number of benzene rings is 2. The van der Waals surface area contributed by atoms with Crippen LogP contribution in [-0.2, 0) is 0 Å². The van der Waals surface area contributed by atoms with Crippen molar-refractivity contribution in [2.75, 3.05) is 24.0 Å². The maximum absolute atomic E-state index is 5.44. The van der Waals surface area contributed by atoms with Gasteiger partial charge in [-0.05, 0) is 49.4 Å². The van der Waals surface area contributed by atoms with Crippen molar-refractivity contribution >= 4 is 23.1 Å². The van der Waals surface area contributed by atoms with Crippen LogP contribution in [0.4, 0.5) is 23.1 Å². The predicted octanol–water partition coefficient (Wildman–Crippen LogP) is 4.09. The molecule has 0 radical (unpaired) electrons. The van der Waals surface area contributed by atoms with E-state index in [9.17, 15) is 0 Å². The summed E-state index contributed by atoms with van der Waals surface area (Å²) in [5.41, 5.74) is 1.74. The van der Waals surface area contributed by atoms with Crippen LogP contribution in [0.25, 0.3) is 0 Å². The smallest absolute Gasteiger partial charge is 0.231 e. The number of fused-ring (bicyclic) bond motifs is 1. The molecule has 1 aliphatic heterocycles. The lowest BCUT2D eigenvalue weighted by Gasteiger charge is -2.09. The van der Waals surface area contributed by atoms with Gasteiger partial charge in [0.2, 0.25) is 12.7 Å². The molecule has 0 saturated heterocycles. The highest BCUT2D eigenvalue weighted by Gasteiger charge is 2.13. The Bertz CT molecular complexity index is 900. The molecule has 7 nitrogen and oxygen atoms in total. The topological polar surface area (TPSA) is 77.5 Å². The van der Waals surface area contributed by atoms with Crippen LogP contribution >= 0.6 is 0 Å². The lowest BCUT2D eigenvalue weighted by atomic mass is 10.3. The van der Waals surface area contributed by atoms with Crippen LogP contribution in [0.1, 0.15) is 6.92 Å². The highest BCUT2D eigenvalue weighted by Crippen LogP contribution is 2.35. The lowest BCUT2D eigenvalue weighted by molar-refractivity contribution is 0.174. The first-order chi connectivity index (χ1) is 12.8. The summed E-state index contributed by atoms with van der Waals surface area (Å²) in [5, 5.41) is 6.42. The van der Waals surface area contributed by atoms with Crippen LogP contribution in [-0.4, -0.2) is 23.4 Å². The van der Waals surface area contributed by atoms with Gasteiger partial charge in [-0.15, -0.1) is 0 Å². The molecule has 0 amide bonds. The van der Waals surface area contributed by atoms with Crippen LogP contribution in [0.15, 0.2) is 54.7 Å². The van der Waals surface area contributed by atoms with E-state index in [2.05, 4.69) is 20.6 Å². The second-order valence-corrected chi connectivity index (χ2v) is 5.54. The molecule has 2 N–H and O–H groups in total. The normalized spacial score (nSPS) is 11.9. The molecule has 132 valence electrons. The fourth-order valence-electron chi connectivity index (χ4n) is 2.54. The van der Waals surface area contributed by atoms with Crippen molar-refractivity contribution in [3.8, 4) is 17.2 Å². The number of hydrogen-bond donors (Lipinski definition) is 2. The van der Waals surface area contributed by atoms with Crippen molar-refractivity contribution in [1.29, 1.82) is 0 Å². The number of hydrogen-bond acceptors (Lipinski definition) is 7. The molecule has 0 aliphatic carbocycles.